The van der Waals surface area contributed by atoms with Gasteiger partial charge in [-0.05, 0) is 12.5 Å². The molecular weight excluding hydrogens is 282 g/mol. The molecule has 0 amide bonds. The van der Waals surface area contributed by atoms with Crippen LogP contribution in [-0.2, 0) is 24.0 Å². The molecule has 0 aromatic heterocycles. The third kappa shape index (κ3) is 3.50. The Kier molecular flexibility index (Phi) is 3.77. The van der Waals surface area contributed by atoms with Crippen molar-refractivity contribution < 1.29 is 22.1 Å². The van der Waals surface area contributed by atoms with Gasteiger partial charge in [-0.1, -0.05) is 24.3 Å². The molecule has 0 bridgehead atoms. The Morgan fingerprint density at radius 3 is 2.50 bits per heavy atom. The minimum Gasteiger partial charge on any atom is -0.451 e. The molecule has 1 aliphatic heterocycles. The molecule has 2 rings (SSSR count). The third-order valence-corrected chi connectivity index (χ3v) is 3.16. The predicted molar refractivity (Wildman–Crippen MR) is 73.4 cm³/mol. The summed E-state index contributed by atoms with van der Waals surface area (Å²) in [7, 11) is -4.03. The monoisotopic (exact) mass is 299 g/mol. The van der Waals surface area contributed by atoms with E-state index in [4.69, 9.17) is 14.6 Å². The van der Waals surface area contributed by atoms with E-state index in [0.717, 1.165) is 11.1 Å². The van der Waals surface area contributed by atoms with Crippen LogP contribution in [0.2, 0.25) is 0 Å². The SMILES string of the molecule is Cc1ccccc1C1=C(COS(N)(=O)=O)OC(C)(C)O1. The van der Waals surface area contributed by atoms with Crippen LogP contribution < -0.4 is 5.14 Å². The van der Waals surface area contributed by atoms with E-state index < -0.39 is 16.1 Å². The molecule has 1 aliphatic rings. The lowest BCUT2D eigenvalue weighted by molar-refractivity contribution is -0.113. The Balaban J connectivity index is 2.36. The molecule has 0 spiro atoms. The second-order valence-electron chi connectivity index (χ2n) is 4.93. The lowest BCUT2D eigenvalue weighted by atomic mass is 10.1. The molecular formula is C13H17NO5S. The van der Waals surface area contributed by atoms with Gasteiger partial charge in [0, 0.05) is 19.4 Å². The summed E-state index contributed by atoms with van der Waals surface area (Å²) < 4.78 is 37.7. The van der Waals surface area contributed by atoms with Crippen LogP contribution in [0.1, 0.15) is 25.0 Å². The largest absolute Gasteiger partial charge is 0.451 e. The number of benzene rings is 1. The first kappa shape index (κ1) is 14.8. The average Bonchev–Trinajstić information content (AvgIpc) is 2.62. The summed E-state index contributed by atoms with van der Waals surface area (Å²) in [5.41, 5.74) is 1.81. The molecule has 110 valence electrons. The van der Waals surface area contributed by atoms with Crippen molar-refractivity contribution in [1.82, 2.24) is 0 Å². The lowest BCUT2D eigenvalue weighted by Crippen LogP contribution is -2.22. The highest BCUT2D eigenvalue weighted by atomic mass is 32.2. The van der Waals surface area contributed by atoms with Crippen molar-refractivity contribution in [3.8, 4) is 0 Å². The first-order valence-corrected chi connectivity index (χ1v) is 7.49. The summed E-state index contributed by atoms with van der Waals surface area (Å²) in [5.74, 6) is -0.107. The smallest absolute Gasteiger partial charge is 0.333 e. The molecule has 6 nitrogen and oxygen atoms in total. The van der Waals surface area contributed by atoms with Crippen molar-refractivity contribution >= 4 is 16.1 Å². The zero-order valence-electron chi connectivity index (χ0n) is 11.5. The van der Waals surface area contributed by atoms with E-state index in [1.807, 2.05) is 31.2 Å². The fourth-order valence-electron chi connectivity index (χ4n) is 1.93. The fraction of sp³-hybridized carbons (Fsp3) is 0.385. The standard InChI is InChI=1S/C13H17NO5S/c1-9-6-4-5-7-10(9)12-11(8-17-20(14,15)16)18-13(2,3)19-12/h4-7H,8H2,1-3H3,(H2,14,15,16). The Labute approximate surface area is 118 Å². The molecule has 20 heavy (non-hydrogen) atoms. The maximum Gasteiger partial charge on any atom is 0.333 e. The number of rotatable bonds is 4. The summed E-state index contributed by atoms with van der Waals surface area (Å²) in [6.07, 6.45) is 0. The Bertz CT molecular complexity index is 648. The molecule has 0 saturated carbocycles. The minimum atomic E-state index is -4.03. The number of hydrogen-bond donors (Lipinski definition) is 1. The van der Waals surface area contributed by atoms with Crippen molar-refractivity contribution in [1.29, 1.82) is 0 Å². The first-order valence-electron chi connectivity index (χ1n) is 6.02. The maximum absolute atomic E-state index is 10.9. The maximum atomic E-state index is 10.9. The highest BCUT2D eigenvalue weighted by Gasteiger charge is 2.35. The van der Waals surface area contributed by atoms with Gasteiger partial charge >= 0.3 is 10.3 Å². The molecule has 1 aromatic rings. The number of hydrogen-bond acceptors (Lipinski definition) is 5. The van der Waals surface area contributed by atoms with Crippen molar-refractivity contribution in [3.05, 3.63) is 41.2 Å². The fourth-order valence-corrected chi connectivity index (χ4v) is 2.20. The molecule has 0 radical (unpaired) electrons. The van der Waals surface area contributed by atoms with Crippen molar-refractivity contribution in [2.75, 3.05) is 6.61 Å². The quantitative estimate of drug-likeness (QED) is 0.913. The van der Waals surface area contributed by atoms with Gasteiger partial charge in [0.25, 0.3) is 0 Å². The van der Waals surface area contributed by atoms with Crippen LogP contribution in [0.15, 0.2) is 30.0 Å². The van der Waals surface area contributed by atoms with Gasteiger partial charge in [0.2, 0.25) is 5.79 Å². The van der Waals surface area contributed by atoms with E-state index in [0.29, 0.717) is 11.5 Å². The summed E-state index contributed by atoms with van der Waals surface area (Å²) in [6, 6.07) is 7.56. The van der Waals surface area contributed by atoms with E-state index in [2.05, 4.69) is 4.18 Å². The minimum absolute atomic E-state index is 0.300. The third-order valence-electron chi connectivity index (χ3n) is 2.71. The second-order valence-corrected chi connectivity index (χ2v) is 6.15. The predicted octanol–water partition coefficient (Wildman–Crippen LogP) is 1.67. The summed E-state index contributed by atoms with van der Waals surface area (Å²) >= 11 is 0. The Morgan fingerprint density at radius 2 is 1.90 bits per heavy atom. The van der Waals surface area contributed by atoms with Crippen LogP contribution in [0.25, 0.3) is 5.76 Å². The van der Waals surface area contributed by atoms with Crippen molar-refractivity contribution in [2.24, 2.45) is 5.14 Å². The molecule has 0 fully saturated rings. The van der Waals surface area contributed by atoms with Crippen LogP contribution in [0, 0.1) is 6.92 Å². The van der Waals surface area contributed by atoms with Gasteiger partial charge in [0.15, 0.2) is 11.5 Å². The average molecular weight is 299 g/mol. The van der Waals surface area contributed by atoms with E-state index in [1.54, 1.807) is 13.8 Å². The highest BCUT2D eigenvalue weighted by Crippen LogP contribution is 2.37. The van der Waals surface area contributed by atoms with Gasteiger partial charge in [0.1, 0.15) is 6.61 Å². The molecule has 1 aromatic carbocycles. The van der Waals surface area contributed by atoms with Crippen LogP contribution in [-0.4, -0.2) is 20.8 Å². The topological polar surface area (TPSA) is 87.9 Å². The van der Waals surface area contributed by atoms with E-state index >= 15 is 0 Å². The Morgan fingerprint density at radius 1 is 1.25 bits per heavy atom. The van der Waals surface area contributed by atoms with Crippen LogP contribution in [0.3, 0.4) is 0 Å². The van der Waals surface area contributed by atoms with Gasteiger partial charge in [-0.25, -0.2) is 9.32 Å². The zero-order valence-corrected chi connectivity index (χ0v) is 12.4. The van der Waals surface area contributed by atoms with Gasteiger partial charge in [-0.15, -0.1) is 0 Å². The summed E-state index contributed by atoms with van der Waals surface area (Å²) in [5, 5.41) is 4.83. The van der Waals surface area contributed by atoms with E-state index in [-0.39, 0.29) is 6.61 Å². The number of aryl methyl sites for hydroxylation is 1. The first-order chi connectivity index (χ1) is 9.18. The number of ether oxygens (including phenoxy) is 2. The van der Waals surface area contributed by atoms with Gasteiger partial charge in [-0.2, -0.15) is 8.42 Å². The normalized spacial score (nSPS) is 17.8. The molecule has 0 saturated heterocycles. The molecule has 0 aliphatic carbocycles. The molecule has 1 heterocycles. The van der Waals surface area contributed by atoms with Gasteiger partial charge in [0.05, 0.1) is 0 Å². The second kappa shape index (κ2) is 5.08. The van der Waals surface area contributed by atoms with Crippen molar-refractivity contribution in [2.45, 2.75) is 26.6 Å². The van der Waals surface area contributed by atoms with E-state index in [9.17, 15) is 8.42 Å². The zero-order chi connectivity index (χ0) is 15.0. The van der Waals surface area contributed by atoms with Gasteiger partial charge in [-0.3, -0.25) is 0 Å². The van der Waals surface area contributed by atoms with Crippen LogP contribution in [0.4, 0.5) is 0 Å². The molecule has 0 unspecified atom stereocenters. The van der Waals surface area contributed by atoms with Crippen LogP contribution >= 0.6 is 0 Å². The van der Waals surface area contributed by atoms with Gasteiger partial charge < -0.3 is 9.47 Å². The van der Waals surface area contributed by atoms with Crippen LogP contribution in [0.5, 0.6) is 0 Å². The van der Waals surface area contributed by atoms with E-state index in [1.165, 1.54) is 0 Å². The number of nitrogens with two attached hydrogens (primary N) is 1. The summed E-state index contributed by atoms with van der Waals surface area (Å²) in [4.78, 5) is 0. The lowest BCUT2D eigenvalue weighted by Gasteiger charge is -2.19. The highest BCUT2D eigenvalue weighted by molar-refractivity contribution is 7.84. The van der Waals surface area contributed by atoms with Crippen molar-refractivity contribution in [3.63, 3.8) is 0 Å². The molecule has 2 N–H and O–H groups in total. The molecule has 0 atom stereocenters. The summed E-state index contributed by atoms with van der Waals surface area (Å²) in [6.45, 7) is 5.09. The Hall–Kier alpha value is -1.57. The molecule has 7 heteroatoms.